The van der Waals surface area contributed by atoms with Crippen LogP contribution in [-0.2, 0) is 9.53 Å². The molecule has 0 aromatic carbocycles. The van der Waals surface area contributed by atoms with Crippen LogP contribution in [-0.4, -0.2) is 37.7 Å². The Hall–Kier alpha value is -0.610. The maximum absolute atomic E-state index is 10.8. The molecule has 0 bridgehead atoms. The molecule has 1 N–H and O–H groups in total. The SMILES string of the molecule is COC(=O)CCNN1CCCCC1. The van der Waals surface area contributed by atoms with Gasteiger partial charge in [-0.05, 0) is 12.8 Å². The number of hydrogen-bond acceptors (Lipinski definition) is 4. The number of piperidine rings is 1. The largest absolute Gasteiger partial charge is 0.469 e. The molecule has 0 atom stereocenters. The minimum absolute atomic E-state index is 0.149. The normalized spacial score (nSPS) is 18.5. The lowest BCUT2D eigenvalue weighted by atomic mass is 10.2. The van der Waals surface area contributed by atoms with Crippen molar-refractivity contribution >= 4 is 5.97 Å². The van der Waals surface area contributed by atoms with Crippen LogP contribution in [0.1, 0.15) is 25.7 Å². The van der Waals surface area contributed by atoms with E-state index in [1.807, 2.05) is 0 Å². The molecule has 4 nitrogen and oxygen atoms in total. The first-order valence-corrected chi connectivity index (χ1v) is 4.88. The van der Waals surface area contributed by atoms with Gasteiger partial charge in [0.25, 0.3) is 0 Å². The van der Waals surface area contributed by atoms with Crippen LogP contribution in [0.2, 0.25) is 0 Å². The summed E-state index contributed by atoms with van der Waals surface area (Å²) < 4.78 is 4.54. The molecular weight excluding hydrogens is 168 g/mol. The third-order valence-electron chi connectivity index (χ3n) is 2.25. The molecule has 0 aliphatic carbocycles. The fourth-order valence-electron chi connectivity index (χ4n) is 1.47. The first-order valence-electron chi connectivity index (χ1n) is 4.88. The van der Waals surface area contributed by atoms with Gasteiger partial charge in [-0.1, -0.05) is 6.42 Å². The highest BCUT2D eigenvalue weighted by Crippen LogP contribution is 2.05. The van der Waals surface area contributed by atoms with E-state index in [4.69, 9.17) is 0 Å². The van der Waals surface area contributed by atoms with Crippen molar-refractivity contribution in [3.8, 4) is 0 Å². The second kappa shape index (κ2) is 5.94. The van der Waals surface area contributed by atoms with E-state index in [9.17, 15) is 4.79 Å². The Bertz CT molecular complexity index is 156. The number of methoxy groups -OCH3 is 1. The molecule has 1 heterocycles. The minimum Gasteiger partial charge on any atom is -0.469 e. The van der Waals surface area contributed by atoms with Crippen LogP contribution in [0, 0.1) is 0 Å². The fraction of sp³-hybridized carbons (Fsp3) is 0.889. The zero-order valence-electron chi connectivity index (χ0n) is 8.21. The second-order valence-electron chi connectivity index (χ2n) is 3.28. The van der Waals surface area contributed by atoms with Gasteiger partial charge in [0, 0.05) is 19.6 Å². The lowest BCUT2D eigenvalue weighted by Gasteiger charge is -2.26. The van der Waals surface area contributed by atoms with Gasteiger partial charge in [0.05, 0.1) is 13.5 Å². The summed E-state index contributed by atoms with van der Waals surface area (Å²) in [6.07, 6.45) is 4.29. The summed E-state index contributed by atoms with van der Waals surface area (Å²) in [6.45, 7) is 2.88. The molecule has 1 saturated heterocycles. The van der Waals surface area contributed by atoms with E-state index >= 15 is 0 Å². The minimum atomic E-state index is -0.149. The molecule has 13 heavy (non-hydrogen) atoms. The monoisotopic (exact) mass is 186 g/mol. The van der Waals surface area contributed by atoms with E-state index in [1.54, 1.807) is 0 Å². The van der Waals surface area contributed by atoms with Crippen LogP contribution in [0.5, 0.6) is 0 Å². The molecule has 1 rings (SSSR count). The number of esters is 1. The van der Waals surface area contributed by atoms with Crippen LogP contribution in [0.25, 0.3) is 0 Å². The number of carbonyl (C=O) groups is 1. The Balaban J connectivity index is 2.01. The molecule has 1 aliphatic heterocycles. The average molecular weight is 186 g/mol. The van der Waals surface area contributed by atoms with Crippen molar-refractivity contribution in [2.45, 2.75) is 25.7 Å². The smallest absolute Gasteiger partial charge is 0.306 e. The summed E-state index contributed by atoms with van der Waals surface area (Å²) in [5.74, 6) is -0.149. The van der Waals surface area contributed by atoms with Crippen molar-refractivity contribution in [2.75, 3.05) is 26.7 Å². The number of nitrogens with zero attached hydrogens (tertiary/aromatic N) is 1. The summed E-state index contributed by atoms with van der Waals surface area (Å²) in [7, 11) is 1.42. The molecule has 4 heteroatoms. The van der Waals surface area contributed by atoms with Crippen molar-refractivity contribution in [1.29, 1.82) is 0 Å². The predicted octanol–water partition coefficient (Wildman–Crippen LogP) is 0.540. The van der Waals surface area contributed by atoms with Gasteiger partial charge in [-0.2, -0.15) is 0 Å². The molecule has 1 aliphatic rings. The van der Waals surface area contributed by atoms with E-state index in [2.05, 4.69) is 15.2 Å². The number of hydrogen-bond donors (Lipinski definition) is 1. The zero-order valence-corrected chi connectivity index (χ0v) is 8.21. The van der Waals surface area contributed by atoms with Crippen LogP contribution in [0.4, 0.5) is 0 Å². The van der Waals surface area contributed by atoms with Crippen molar-refractivity contribution in [3.05, 3.63) is 0 Å². The van der Waals surface area contributed by atoms with Gasteiger partial charge in [-0.3, -0.25) is 10.2 Å². The maximum Gasteiger partial charge on any atom is 0.306 e. The summed E-state index contributed by atoms with van der Waals surface area (Å²) in [4.78, 5) is 10.8. The zero-order chi connectivity index (χ0) is 9.52. The Labute approximate surface area is 79.2 Å². The van der Waals surface area contributed by atoms with Crippen molar-refractivity contribution < 1.29 is 9.53 Å². The third kappa shape index (κ3) is 4.24. The van der Waals surface area contributed by atoms with Gasteiger partial charge in [-0.25, -0.2) is 5.01 Å². The molecule has 0 radical (unpaired) electrons. The predicted molar refractivity (Wildman–Crippen MR) is 50.1 cm³/mol. The van der Waals surface area contributed by atoms with E-state index in [-0.39, 0.29) is 5.97 Å². The lowest BCUT2D eigenvalue weighted by molar-refractivity contribution is -0.140. The molecule has 0 aromatic rings. The topological polar surface area (TPSA) is 41.6 Å². The van der Waals surface area contributed by atoms with Crippen LogP contribution < -0.4 is 5.43 Å². The summed E-state index contributed by atoms with van der Waals surface area (Å²) in [5, 5.41) is 2.19. The molecule has 0 unspecified atom stereocenters. The summed E-state index contributed by atoms with van der Waals surface area (Å²) >= 11 is 0. The molecule has 0 aromatic heterocycles. The summed E-state index contributed by atoms with van der Waals surface area (Å²) in [5.41, 5.74) is 3.22. The van der Waals surface area contributed by atoms with Crippen molar-refractivity contribution in [3.63, 3.8) is 0 Å². The number of rotatable bonds is 4. The number of hydrazine groups is 1. The van der Waals surface area contributed by atoms with Crippen LogP contribution >= 0.6 is 0 Å². The Morgan fingerprint density at radius 3 is 2.69 bits per heavy atom. The molecule has 76 valence electrons. The highest BCUT2D eigenvalue weighted by Gasteiger charge is 2.09. The molecule has 0 amide bonds. The van der Waals surface area contributed by atoms with Crippen LogP contribution in [0.15, 0.2) is 0 Å². The lowest BCUT2D eigenvalue weighted by Crippen LogP contribution is -2.42. The second-order valence-corrected chi connectivity index (χ2v) is 3.28. The number of carbonyl (C=O) groups excluding carboxylic acids is 1. The van der Waals surface area contributed by atoms with E-state index in [0.29, 0.717) is 13.0 Å². The highest BCUT2D eigenvalue weighted by atomic mass is 16.5. The quantitative estimate of drug-likeness (QED) is 0.651. The average Bonchev–Trinajstić information content (AvgIpc) is 2.19. The Kier molecular flexibility index (Phi) is 4.78. The van der Waals surface area contributed by atoms with E-state index in [0.717, 1.165) is 13.1 Å². The van der Waals surface area contributed by atoms with Crippen molar-refractivity contribution in [1.82, 2.24) is 10.4 Å². The third-order valence-corrected chi connectivity index (χ3v) is 2.25. The van der Waals surface area contributed by atoms with E-state index < -0.39 is 0 Å². The van der Waals surface area contributed by atoms with Crippen LogP contribution in [0.3, 0.4) is 0 Å². The number of ether oxygens (including phenoxy) is 1. The number of nitrogens with one attached hydrogen (secondary N) is 1. The Morgan fingerprint density at radius 1 is 1.38 bits per heavy atom. The standard InChI is InChI=1S/C9H18N2O2/c1-13-9(12)5-6-10-11-7-3-2-4-8-11/h10H,2-8H2,1H3. The van der Waals surface area contributed by atoms with Gasteiger partial charge >= 0.3 is 5.97 Å². The van der Waals surface area contributed by atoms with Gasteiger partial charge in [-0.15, -0.1) is 0 Å². The summed E-state index contributed by atoms with van der Waals surface area (Å²) in [6, 6.07) is 0. The van der Waals surface area contributed by atoms with Gasteiger partial charge < -0.3 is 4.74 Å². The fourth-order valence-corrected chi connectivity index (χ4v) is 1.47. The van der Waals surface area contributed by atoms with Gasteiger partial charge in [0.2, 0.25) is 0 Å². The Morgan fingerprint density at radius 2 is 2.08 bits per heavy atom. The maximum atomic E-state index is 10.8. The van der Waals surface area contributed by atoms with Gasteiger partial charge in [0.1, 0.15) is 0 Å². The molecular formula is C9H18N2O2. The first-order chi connectivity index (χ1) is 6.33. The van der Waals surface area contributed by atoms with Crippen molar-refractivity contribution in [2.24, 2.45) is 0 Å². The first kappa shape index (κ1) is 10.5. The van der Waals surface area contributed by atoms with Gasteiger partial charge in [0.15, 0.2) is 0 Å². The molecule has 0 spiro atoms. The molecule has 1 fully saturated rings. The highest BCUT2D eigenvalue weighted by molar-refractivity contribution is 5.69. The van der Waals surface area contributed by atoms with E-state index in [1.165, 1.54) is 26.4 Å². The molecule has 0 saturated carbocycles.